The van der Waals surface area contributed by atoms with Crippen LogP contribution < -0.4 is 0 Å². The van der Waals surface area contributed by atoms with Gasteiger partial charge in [-0.05, 0) is 26.8 Å². The lowest BCUT2D eigenvalue weighted by Crippen LogP contribution is -2.42. The van der Waals surface area contributed by atoms with Crippen molar-refractivity contribution in [3.63, 3.8) is 0 Å². The van der Waals surface area contributed by atoms with E-state index >= 15 is 0 Å². The molecule has 4 rings (SSSR count). The van der Waals surface area contributed by atoms with Crippen molar-refractivity contribution in [1.29, 1.82) is 0 Å². The fourth-order valence-electron chi connectivity index (χ4n) is 3.27. The van der Waals surface area contributed by atoms with Crippen molar-refractivity contribution >= 4 is 28.0 Å². The molecule has 7 nitrogen and oxygen atoms in total. The molecule has 1 aromatic carbocycles. The Bertz CT molecular complexity index is 990. The number of fused-ring (bicyclic) bond motifs is 5. The first-order chi connectivity index (χ1) is 12.3. The molecule has 0 saturated heterocycles. The lowest BCUT2D eigenvalue weighted by atomic mass is 10.2. The van der Waals surface area contributed by atoms with Crippen molar-refractivity contribution in [1.82, 2.24) is 19.4 Å². The van der Waals surface area contributed by atoms with Crippen LogP contribution in [0.5, 0.6) is 0 Å². The molecule has 0 fully saturated rings. The lowest BCUT2D eigenvalue weighted by Gasteiger charge is -2.34. The molecular weight excluding hydrogens is 332 g/mol. The van der Waals surface area contributed by atoms with E-state index in [2.05, 4.69) is 14.5 Å². The zero-order valence-corrected chi connectivity index (χ0v) is 15.4. The van der Waals surface area contributed by atoms with E-state index in [1.165, 1.54) is 0 Å². The quantitative estimate of drug-likeness (QED) is 0.669. The standard InChI is InChI=1S/C19H22N4O3/c1-19(2,3)26-18(24)22(4)16-11-25-10-15-21-14-9-20-13-8-6-5-7-12(13)17(14)23(15)16/h5-9,16H,10-11H2,1-4H3/t16-/m1/s1. The predicted octanol–water partition coefficient (Wildman–Crippen LogP) is 3.48. The summed E-state index contributed by atoms with van der Waals surface area (Å²) in [4.78, 5) is 23.3. The molecule has 26 heavy (non-hydrogen) atoms. The van der Waals surface area contributed by atoms with Crippen LogP contribution in [0.1, 0.15) is 32.8 Å². The molecule has 3 aromatic rings. The number of carbonyl (C=O) groups excluding carboxylic acids is 1. The minimum Gasteiger partial charge on any atom is -0.444 e. The Balaban J connectivity index is 1.84. The topological polar surface area (TPSA) is 69.5 Å². The number of hydrogen-bond donors (Lipinski definition) is 0. The molecule has 0 N–H and O–H groups in total. The van der Waals surface area contributed by atoms with E-state index in [4.69, 9.17) is 9.47 Å². The number of carbonyl (C=O) groups is 1. The highest BCUT2D eigenvalue weighted by Crippen LogP contribution is 2.32. The van der Waals surface area contributed by atoms with Gasteiger partial charge >= 0.3 is 6.09 Å². The second-order valence-electron chi connectivity index (χ2n) is 7.49. The van der Waals surface area contributed by atoms with Crippen molar-refractivity contribution in [3.05, 3.63) is 36.3 Å². The number of amides is 1. The van der Waals surface area contributed by atoms with Crippen LogP contribution in [0.3, 0.4) is 0 Å². The van der Waals surface area contributed by atoms with Gasteiger partial charge in [-0.2, -0.15) is 0 Å². The summed E-state index contributed by atoms with van der Waals surface area (Å²) < 4.78 is 13.3. The molecule has 3 heterocycles. The Morgan fingerprint density at radius 1 is 1.31 bits per heavy atom. The maximum atomic E-state index is 12.6. The van der Waals surface area contributed by atoms with Crippen molar-refractivity contribution < 1.29 is 14.3 Å². The van der Waals surface area contributed by atoms with Gasteiger partial charge in [0.2, 0.25) is 0 Å². The molecule has 2 aromatic heterocycles. The molecule has 0 aliphatic carbocycles. The summed E-state index contributed by atoms with van der Waals surface area (Å²) in [6.07, 6.45) is 1.05. The van der Waals surface area contributed by atoms with Crippen LogP contribution in [0, 0.1) is 0 Å². The number of para-hydroxylation sites is 1. The number of nitrogens with zero attached hydrogens (tertiary/aromatic N) is 4. The smallest absolute Gasteiger partial charge is 0.411 e. The summed E-state index contributed by atoms with van der Waals surface area (Å²) >= 11 is 0. The average molecular weight is 354 g/mol. The van der Waals surface area contributed by atoms with Crippen LogP contribution in [-0.4, -0.2) is 44.8 Å². The first-order valence-corrected chi connectivity index (χ1v) is 8.63. The summed E-state index contributed by atoms with van der Waals surface area (Å²) in [6.45, 7) is 6.35. The van der Waals surface area contributed by atoms with Crippen LogP contribution in [0.2, 0.25) is 0 Å². The van der Waals surface area contributed by atoms with E-state index in [1.807, 2.05) is 45.0 Å². The third-order valence-corrected chi connectivity index (χ3v) is 4.42. The largest absolute Gasteiger partial charge is 0.444 e. The highest BCUT2D eigenvalue weighted by atomic mass is 16.6. The van der Waals surface area contributed by atoms with Gasteiger partial charge in [0.05, 0.1) is 23.8 Å². The first kappa shape index (κ1) is 16.8. The van der Waals surface area contributed by atoms with Crippen LogP contribution in [-0.2, 0) is 16.1 Å². The molecule has 0 spiro atoms. The van der Waals surface area contributed by atoms with E-state index in [0.29, 0.717) is 13.2 Å². The Morgan fingerprint density at radius 3 is 2.85 bits per heavy atom. The second kappa shape index (κ2) is 5.95. The molecule has 0 saturated carbocycles. The van der Waals surface area contributed by atoms with Crippen LogP contribution in [0.25, 0.3) is 21.9 Å². The molecule has 1 atom stereocenters. The van der Waals surface area contributed by atoms with Crippen molar-refractivity contribution in [3.8, 4) is 0 Å². The first-order valence-electron chi connectivity index (χ1n) is 8.63. The third-order valence-electron chi connectivity index (χ3n) is 4.42. The highest BCUT2D eigenvalue weighted by molar-refractivity contribution is 6.02. The Kier molecular flexibility index (Phi) is 3.84. The number of aromatic nitrogens is 3. The number of benzene rings is 1. The van der Waals surface area contributed by atoms with E-state index in [0.717, 1.165) is 27.8 Å². The molecule has 0 unspecified atom stereocenters. The molecule has 0 bridgehead atoms. The monoisotopic (exact) mass is 354 g/mol. The van der Waals surface area contributed by atoms with Gasteiger partial charge in [0.25, 0.3) is 0 Å². The van der Waals surface area contributed by atoms with Crippen LogP contribution in [0.4, 0.5) is 4.79 Å². The maximum absolute atomic E-state index is 12.6. The fraction of sp³-hybridized carbons (Fsp3) is 0.421. The zero-order valence-electron chi connectivity index (χ0n) is 15.4. The summed E-state index contributed by atoms with van der Waals surface area (Å²) in [5.41, 5.74) is 2.10. The summed E-state index contributed by atoms with van der Waals surface area (Å²) in [5.74, 6) is 0.782. The molecule has 1 aliphatic heterocycles. The van der Waals surface area contributed by atoms with Gasteiger partial charge in [-0.15, -0.1) is 0 Å². The Labute approximate surface area is 151 Å². The number of imidazole rings is 1. The third kappa shape index (κ3) is 2.78. The molecule has 7 heteroatoms. The number of rotatable bonds is 1. The van der Waals surface area contributed by atoms with E-state index in [1.54, 1.807) is 18.1 Å². The molecule has 1 amide bonds. The van der Waals surface area contributed by atoms with Gasteiger partial charge in [-0.1, -0.05) is 18.2 Å². The second-order valence-corrected chi connectivity index (χ2v) is 7.49. The predicted molar refractivity (Wildman–Crippen MR) is 97.7 cm³/mol. The number of ether oxygens (including phenoxy) is 2. The van der Waals surface area contributed by atoms with Gasteiger partial charge in [0, 0.05) is 12.4 Å². The van der Waals surface area contributed by atoms with E-state index < -0.39 is 5.60 Å². The summed E-state index contributed by atoms with van der Waals surface area (Å²) in [7, 11) is 1.73. The van der Waals surface area contributed by atoms with E-state index in [9.17, 15) is 4.79 Å². The normalized spacial score (nSPS) is 17.3. The summed E-state index contributed by atoms with van der Waals surface area (Å²) in [6, 6.07) is 7.94. The van der Waals surface area contributed by atoms with Crippen molar-refractivity contribution in [2.45, 2.75) is 39.1 Å². The molecule has 0 radical (unpaired) electrons. The minimum atomic E-state index is -0.558. The van der Waals surface area contributed by atoms with Crippen LogP contribution in [0.15, 0.2) is 30.5 Å². The van der Waals surface area contributed by atoms with E-state index in [-0.39, 0.29) is 12.3 Å². The minimum absolute atomic E-state index is 0.329. The van der Waals surface area contributed by atoms with Crippen molar-refractivity contribution in [2.75, 3.05) is 13.7 Å². The number of pyridine rings is 1. The fourth-order valence-corrected chi connectivity index (χ4v) is 3.27. The Morgan fingerprint density at radius 2 is 2.08 bits per heavy atom. The molecular formula is C19H22N4O3. The van der Waals surface area contributed by atoms with Gasteiger partial charge < -0.3 is 14.0 Å². The maximum Gasteiger partial charge on any atom is 0.411 e. The molecule has 136 valence electrons. The molecule has 1 aliphatic rings. The number of hydrogen-bond acceptors (Lipinski definition) is 5. The number of likely N-dealkylation sites (N-methyl/N-ethyl adjacent to an activating group) is 1. The zero-order chi connectivity index (χ0) is 18.5. The SMILES string of the molecule is CN(C(=O)OC(C)(C)C)[C@H]1COCc2nc3cnc4ccccc4c3n21. The van der Waals surface area contributed by atoms with Gasteiger partial charge in [-0.25, -0.2) is 9.78 Å². The Hall–Kier alpha value is -2.67. The van der Waals surface area contributed by atoms with Gasteiger partial charge in [0.15, 0.2) is 0 Å². The highest BCUT2D eigenvalue weighted by Gasteiger charge is 2.32. The summed E-state index contributed by atoms with van der Waals surface area (Å²) in [5, 5.41) is 1.01. The van der Waals surface area contributed by atoms with Gasteiger partial charge in [-0.3, -0.25) is 9.88 Å². The van der Waals surface area contributed by atoms with Crippen molar-refractivity contribution in [2.24, 2.45) is 0 Å². The average Bonchev–Trinajstić information content (AvgIpc) is 2.98. The van der Waals surface area contributed by atoms with Gasteiger partial charge in [0.1, 0.15) is 29.7 Å². The van der Waals surface area contributed by atoms with Crippen LogP contribution >= 0.6 is 0 Å². The lowest BCUT2D eigenvalue weighted by molar-refractivity contribution is -0.0241.